The number of thiocarbonyl (C=S) groups is 1. The summed E-state index contributed by atoms with van der Waals surface area (Å²) in [4.78, 5) is 0.266. The van der Waals surface area contributed by atoms with Crippen LogP contribution in [0, 0.1) is 0 Å². The second-order valence-electron chi connectivity index (χ2n) is 6.07. The first-order valence-electron chi connectivity index (χ1n) is 8.88. The normalized spacial score (nSPS) is 11.6. The van der Waals surface area contributed by atoms with Crippen LogP contribution in [-0.4, -0.2) is 23.8 Å². The summed E-state index contributed by atoms with van der Waals surface area (Å²) >= 11 is 5.55. The molecule has 5 nitrogen and oxygen atoms in total. The molecule has 2 aromatic carbocycles. The summed E-state index contributed by atoms with van der Waals surface area (Å²) < 4.78 is 35.9. The lowest BCUT2D eigenvalue weighted by Crippen LogP contribution is -2.38. The number of hydrogen-bond acceptors (Lipinski definition) is 4. The van der Waals surface area contributed by atoms with Crippen LogP contribution in [0.3, 0.4) is 0 Å². The van der Waals surface area contributed by atoms with Gasteiger partial charge in [0, 0.05) is 23.4 Å². The number of pyridine rings is 1. The van der Waals surface area contributed by atoms with Crippen molar-refractivity contribution in [2.24, 2.45) is 0 Å². The Morgan fingerprint density at radius 2 is 1.57 bits per heavy atom. The first kappa shape index (κ1) is 21.2. The van der Waals surface area contributed by atoms with Crippen LogP contribution in [0.25, 0.3) is 11.5 Å². The number of nitrogens with zero attached hydrogens (tertiary/aromatic N) is 1. The molecule has 8 heteroatoms. The van der Waals surface area contributed by atoms with E-state index < -0.39 is 6.61 Å². The van der Waals surface area contributed by atoms with Gasteiger partial charge >= 0.3 is 6.61 Å². The predicted molar refractivity (Wildman–Crippen MR) is 115 cm³/mol. The van der Waals surface area contributed by atoms with Crippen LogP contribution in [-0.2, 0) is 0 Å². The van der Waals surface area contributed by atoms with Gasteiger partial charge in [0.05, 0.1) is 7.11 Å². The van der Waals surface area contributed by atoms with Crippen LogP contribution in [0.1, 0.15) is 5.56 Å². The first-order valence-corrected chi connectivity index (χ1v) is 9.29. The van der Waals surface area contributed by atoms with Crippen molar-refractivity contribution in [2.75, 3.05) is 12.4 Å². The molecule has 0 bridgehead atoms. The molecule has 0 aliphatic rings. The molecule has 0 unspecified atom stereocenters. The fourth-order valence-corrected chi connectivity index (χ4v) is 3.01. The predicted octanol–water partition coefficient (Wildman–Crippen LogP) is 4.91. The molecule has 0 saturated carbocycles. The third kappa shape index (κ3) is 5.30. The first-order chi connectivity index (χ1) is 14.5. The Bertz CT molecular complexity index is 1020. The van der Waals surface area contributed by atoms with E-state index in [0.717, 1.165) is 0 Å². The maximum Gasteiger partial charge on any atom is 0.387 e. The minimum Gasteiger partial charge on any atom is -0.502 e. The van der Waals surface area contributed by atoms with Gasteiger partial charge in [0.15, 0.2) is 23.1 Å². The quantitative estimate of drug-likeness (QED) is 0.242. The molecule has 3 rings (SSSR count). The second kappa shape index (κ2) is 9.80. The number of alkyl halides is 2. The third-order valence-corrected chi connectivity index (χ3v) is 4.41. The van der Waals surface area contributed by atoms with Gasteiger partial charge in [0.2, 0.25) is 0 Å². The number of anilines is 1. The number of nitrogens with one attached hydrogen (secondary N) is 1. The number of hydrogen-bond donors (Lipinski definition) is 2. The maximum atomic E-state index is 12.4. The van der Waals surface area contributed by atoms with Gasteiger partial charge < -0.3 is 19.9 Å². The van der Waals surface area contributed by atoms with E-state index in [2.05, 4.69) is 10.1 Å². The average molecular weight is 429 g/mol. The molecule has 1 heterocycles. The molecule has 0 saturated heterocycles. The lowest BCUT2D eigenvalue weighted by molar-refractivity contribution is -0.575. The van der Waals surface area contributed by atoms with Gasteiger partial charge in [0.1, 0.15) is 11.5 Å². The van der Waals surface area contributed by atoms with Gasteiger partial charge in [-0.15, -0.1) is 0 Å². The molecule has 1 aromatic heterocycles. The van der Waals surface area contributed by atoms with Gasteiger partial charge in [0.25, 0.3) is 5.70 Å². The Balaban J connectivity index is 1.96. The van der Waals surface area contributed by atoms with E-state index in [4.69, 9.17) is 17.0 Å². The number of ether oxygens (including phenoxy) is 2. The van der Waals surface area contributed by atoms with Gasteiger partial charge in [-0.1, -0.05) is 18.3 Å². The zero-order chi connectivity index (χ0) is 21.5. The molecule has 0 atom stereocenters. The van der Waals surface area contributed by atoms with Gasteiger partial charge in [-0.05, 0) is 48.5 Å². The lowest BCUT2D eigenvalue weighted by Gasteiger charge is -2.11. The number of aromatic nitrogens is 1. The van der Waals surface area contributed by atoms with E-state index in [1.54, 1.807) is 60.5 Å². The minimum atomic E-state index is -2.92. The van der Waals surface area contributed by atoms with E-state index in [9.17, 15) is 13.9 Å². The van der Waals surface area contributed by atoms with Gasteiger partial charge in [-0.2, -0.15) is 13.3 Å². The molecule has 0 amide bonds. The molecular weight excluding hydrogens is 410 g/mol. The highest BCUT2D eigenvalue weighted by Gasteiger charge is 2.23. The number of halogens is 2. The van der Waals surface area contributed by atoms with Crippen LogP contribution < -0.4 is 19.4 Å². The molecule has 2 N–H and O–H groups in total. The van der Waals surface area contributed by atoms with Crippen molar-refractivity contribution in [1.82, 2.24) is 0 Å². The van der Waals surface area contributed by atoms with E-state index in [1.165, 1.54) is 24.3 Å². The summed E-state index contributed by atoms with van der Waals surface area (Å²) in [7, 11) is 1.58. The Labute approximate surface area is 177 Å². The van der Waals surface area contributed by atoms with E-state index in [1.807, 2.05) is 6.07 Å². The monoisotopic (exact) mass is 429 g/mol. The molecular formula is C22H19F2N2O3S+. The van der Waals surface area contributed by atoms with Crippen LogP contribution in [0.4, 0.5) is 14.5 Å². The van der Waals surface area contributed by atoms with Gasteiger partial charge in [-0.25, -0.2) is 0 Å². The molecule has 0 aliphatic heterocycles. The van der Waals surface area contributed by atoms with E-state index in [-0.39, 0.29) is 16.5 Å². The highest BCUT2D eigenvalue weighted by molar-refractivity contribution is 7.81. The van der Waals surface area contributed by atoms with Crippen molar-refractivity contribution in [3.05, 3.63) is 84.7 Å². The van der Waals surface area contributed by atoms with Crippen LogP contribution in [0.15, 0.2) is 79.1 Å². The van der Waals surface area contributed by atoms with Crippen LogP contribution >= 0.6 is 12.2 Å². The largest absolute Gasteiger partial charge is 0.502 e. The topological polar surface area (TPSA) is 54.6 Å². The summed E-state index contributed by atoms with van der Waals surface area (Å²) in [6, 6.07) is 18.2. The Hall–Kier alpha value is -3.52. The number of benzene rings is 2. The summed E-state index contributed by atoms with van der Waals surface area (Å²) in [5.74, 6) is 0.573. The molecule has 154 valence electrons. The summed E-state index contributed by atoms with van der Waals surface area (Å²) in [5.41, 5.74) is 1.43. The standard InChI is InChI=1S/C22H18F2N2O3S/c1-28-17-11-7-16(8-12-17)25-21(30)19(26-13-3-2-4-14-26)20(27)15-5-9-18(10-6-15)29-22(23)24/h2-14,22H,1H3,(H-,25,27,30)/p+1. The molecule has 0 fully saturated rings. The zero-order valence-corrected chi connectivity index (χ0v) is 16.8. The van der Waals surface area contributed by atoms with Gasteiger partial charge in [-0.3, -0.25) is 0 Å². The van der Waals surface area contributed by atoms with Crippen molar-refractivity contribution in [1.29, 1.82) is 0 Å². The summed E-state index contributed by atoms with van der Waals surface area (Å²) in [6.07, 6.45) is 3.48. The van der Waals surface area contributed by atoms with E-state index >= 15 is 0 Å². The fraction of sp³-hybridized carbons (Fsp3) is 0.0909. The SMILES string of the molecule is COc1ccc(NC(=S)/C(=C(/O)c2ccc(OC(F)F)cc2)[n+]2ccccc2)cc1. The molecule has 30 heavy (non-hydrogen) atoms. The highest BCUT2D eigenvalue weighted by atomic mass is 32.1. The number of aliphatic hydroxyl groups is 1. The Morgan fingerprint density at radius 3 is 2.13 bits per heavy atom. The fourth-order valence-electron chi connectivity index (χ4n) is 2.69. The third-order valence-electron chi connectivity index (χ3n) is 4.11. The number of aliphatic hydroxyl groups excluding tert-OH is 1. The van der Waals surface area contributed by atoms with Crippen molar-refractivity contribution in [3.63, 3.8) is 0 Å². The smallest absolute Gasteiger partial charge is 0.387 e. The second-order valence-corrected chi connectivity index (χ2v) is 6.47. The lowest BCUT2D eigenvalue weighted by atomic mass is 10.1. The zero-order valence-electron chi connectivity index (χ0n) is 16.0. The van der Waals surface area contributed by atoms with Crippen molar-refractivity contribution in [2.45, 2.75) is 6.61 Å². The number of rotatable bonds is 7. The van der Waals surface area contributed by atoms with Crippen molar-refractivity contribution >= 4 is 34.3 Å². The average Bonchev–Trinajstić information content (AvgIpc) is 2.75. The summed E-state index contributed by atoms with van der Waals surface area (Å²) in [6.45, 7) is -2.92. The Morgan fingerprint density at radius 1 is 0.967 bits per heavy atom. The molecule has 0 aliphatic carbocycles. The van der Waals surface area contributed by atoms with Crippen LogP contribution in [0.2, 0.25) is 0 Å². The maximum absolute atomic E-state index is 12.4. The molecule has 0 radical (unpaired) electrons. The summed E-state index contributed by atoms with van der Waals surface area (Å²) in [5, 5.41) is 14.1. The number of methoxy groups -OCH3 is 1. The van der Waals surface area contributed by atoms with E-state index in [0.29, 0.717) is 22.7 Å². The minimum absolute atomic E-state index is 0.00519. The van der Waals surface area contributed by atoms with Crippen molar-refractivity contribution in [3.8, 4) is 11.5 Å². The van der Waals surface area contributed by atoms with Crippen LogP contribution in [0.5, 0.6) is 11.5 Å². The molecule has 0 spiro atoms. The van der Waals surface area contributed by atoms with Crippen molar-refractivity contribution < 1.29 is 27.9 Å². The Kier molecular flexibility index (Phi) is 6.92. The highest BCUT2D eigenvalue weighted by Crippen LogP contribution is 2.23. The molecule has 3 aromatic rings.